The van der Waals surface area contributed by atoms with Crippen LogP contribution in [-0.2, 0) is 4.74 Å². The Morgan fingerprint density at radius 3 is 3.00 bits per heavy atom. The summed E-state index contributed by atoms with van der Waals surface area (Å²) in [7, 11) is 1.65. The average molecular weight is 187 g/mol. The van der Waals surface area contributed by atoms with E-state index >= 15 is 0 Å². The van der Waals surface area contributed by atoms with E-state index in [4.69, 9.17) is 10.6 Å². The van der Waals surface area contributed by atoms with Gasteiger partial charge < -0.3 is 4.74 Å². The molecule has 0 spiro atoms. The van der Waals surface area contributed by atoms with Gasteiger partial charge in [0.05, 0.1) is 23.9 Å². The summed E-state index contributed by atoms with van der Waals surface area (Å²) < 4.78 is 5.01. The normalized spacial score (nSPS) is 13.2. The summed E-state index contributed by atoms with van der Waals surface area (Å²) in [5.41, 5.74) is 5.52. The fraction of sp³-hybridized carbons (Fsp3) is 0.571. The van der Waals surface area contributed by atoms with Gasteiger partial charge in [0.25, 0.3) is 0 Å². The van der Waals surface area contributed by atoms with Gasteiger partial charge in [-0.15, -0.1) is 11.3 Å². The molecule has 0 radical (unpaired) electrons. The largest absolute Gasteiger partial charge is 0.383 e. The third-order valence-electron chi connectivity index (χ3n) is 1.63. The highest BCUT2D eigenvalue weighted by Gasteiger charge is 2.13. The molecule has 1 heterocycles. The molecule has 1 unspecified atom stereocenters. The van der Waals surface area contributed by atoms with E-state index in [-0.39, 0.29) is 6.04 Å². The van der Waals surface area contributed by atoms with E-state index in [9.17, 15) is 0 Å². The topological polar surface area (TPSA) is 60.2 Å². The van der Waals surface area contributed by atoms with Crippen molar-refractivity contribution in [2.75, 3.05) is 13.7 Å². The SMILES string of the molecule is COCC(NN)c1scnc1C. The summed E-state index contributed by atoms with van der Waals surface area (Å²) in [4.78, 5) is 5.27. The minimum absolute atomic E-state index is 0.0579. The quantitative estimate of drug-likeness (QED) is 0.535. The van der Waals surface area contributed by atoms with Crippen molar-refractivity contribution in [3.63, 3.8) is 0 Å². The molecule has 0 aromatic carbocycles. The molecule has 3 N–H and O–H groups in total. The standard InChI is InChI=1S/C7H13N3OS/c1-5-7(12-4-9-5)6(10-8)3-11-2/h4,6,10H,3,8H2,1-2H3. The van der Waals surface area contributed by atoms with Crippen molar-refractivity contribution in [2.45, 2.75) is 13.0 Å². The number of aromatic nitrogens is 1. The number of nitrogens with one attached hydrogen (secondary N) is 1. The van der Waals surface area contributed by atoms with Crippen LogP contribution in [-0.4, -0.2) is 18.7 Å². The Hall–Kier alpha value is -0.490. The van der Waals surface area contributed by atoms with E-state index in [2.05, 4.69) is 10.4 Å². The van der Waals surface area contributed by atoms with Crippen molar-refractivity contribution in [2.24, 2.45) is 5.84 Å². The Morgan fingerprint density at radius 2 is 2.58 bits per heavy atom. The second kappa shape index (κ2) is 4.51. The lowest BCUT2D eigenvalue weighted by Gasteiger charge is -2.12. The summed E-state index contributed by atoms with van der Waals surface area (Å²) in [6, 6.07) is 0.0579. The molecule has 0 aliphatic carbocycles. The third-order valence-corrected chi connectivity index (χ3v) is 2.68. The van der Waals surface area contributed by atoms with E-state index in [0.717, 1.165) is 10.6 Å². The first kappa shape index (κ1) is 9.60. The van der Waals surface area contributed by atoms with Crippen LogP contribution < -0.4 is 11.3 Å². The van der Waals surface area contributed by atoms with Crippen LogP contribution >= 0.6 is 11.3 Å². The number of hydrazine groups is 1. The zero-order chi connectivity index (χ0) is 8.97. The second-order valence-electron chi connectivity index (χ2n) is 2.48. The number of thiazole rings is 1. The Morgan fingerprint density at radius 1 is 1.83 bits per heavy atom. The molecular formula is C7H13N3OS. The molecule has 0 aliphatic rings. The molecule has 12 heavy (non-hydrogen) atoms. The van der Waals surface area contributed by atoms with Gasteiger partial charge in [0.2, 0.25) is 0 Å². The highest BCUT2D eigenvalue weighted by Crippen LogP contribution is 2.20. The fourth-order valence-corrected chi connectivity index (χ4v) is 1.86. The van der Waals surface area contributed by atoms with Crippen molar-refractivity contribution in [1.29, 1.82) is 0 Å². The molecule has 0 saturated heterocycles. The third kappa shape index (κ3) is 2.01. The van der Waals surface area contributed by atoms with Crippen LogP contribution in [0.25, 0.3) is 0 Å². The molecular weight excluding hydrogens is 174 g/mol. The predicted molar refractivity (Wildman–Crippen MR) is 48.8 cm³/mol. The molecule has 0 aliphatic heterocycles. The van der Waals surface area contributed by atoms with Gasteiger partial charge in [-0.1, -0.05) is 0 Å². The summed E-state index contributed by atoms with van der Waals surface area (Å²) in [5, 5.41) is 0. The molecule has 0 bridgehead atoms. The smallest absolute Gasteiger partial charge is 0.0805 e. The number of ether oxygens (including phenoxy) is 1. The second-order valence-corrected chi connectivity index (χ2v) is 3.36. The van der Waals surface area contributed by atoms with E-state index in [1.807, 2.05) is 12.4 Å². The van der Waals surface area contributed by atoms with E-state index in [0.29, 0.717) is 6.61 Å². The molecule has 1 aromatic heterocycles. The number of aryl methyl sites for hydroxylation is 1. The minimum Gasteiger partial charge on any atom is -0.383 e. The van der Waals surface area contributed by atoms with Crippen molar-refractivity contribution in [3.05, 3.63) is 16.1 Å². The Balaban J connectivity index is 2.72. The van der Waals surface area contributed by atoms with Crippen LogP contribution in [0, 0.1) is 6.92 Å². The van der Waals surface area contributed by atoms with Crippen LogP contribution in [0.15, 0.2) is 5.51 Å². The Kier molecular flexibility index (Phi) is 3.61. The van der Waals surface area contributed by atoms with Crippen molar-refractivity contribution in [3.8, 4) is 0 Å². The molecule has 0 fully saturated rings. The highest BCUT2D eigenvalue weighted by atomic mass is 32.1. The number of methoxy groups -OCH3 is 1. The molecule has 0 saturated carbocycles. The lowest BCUT2D eigenvalue weighted by atomic mass is 10.2. The van der Waals surface area contributed by atoms with Gasteiger partial charge in [-0.05, 0) is 6.92 Å². The number of nitrogens with two attached hydrogens (primary N) is 1. The number of hydrogen-bond donors (Lipinski definition) is 2. The van der Waals surface area contributed by atoms with Gasteiger partial charge in [0.15, 0.2) is 0 Å². The first-order chi connectivity index (χ1) is 5.79. The molecule has 1 rings (SSSR count). The van der Waals surface area contributed by atoms with Crippen molar-refractivity contribution >= 4 is 11.3 Å². The van der Waals surface area contributed by atoms with Gasteiger partial charge in [-0.3, -0.25) is 5.84 Å². The fourth-order valence-electron chi connectivity index (χ4n) is 1.01. The molecule has 0 amide bonds. The maximum Gasteiger partial charge on any atom is 0.0805 e. The molecule has 1 aromatic rings. The minimum atomic E-state index is 0.0579. The molecule has 68 valence electrons. The van der Waals surface area contributed by atoms with Crippen molar-refractivity contribution in [1.82, 2.24) is 10.4 Å². The Labute approximate surface area is 75.7 Å². The van der Waals surface area contributed by atoms with E-state index < -0.39 is 0 Å². The monoisotopic (exact) mass is 187 g/mol. The molecule has 4 nitrogen and oxygen atoms in total. The highest BCUT2D eigenvalue weighted by molar-refractivity contribution is 7.09. The van der Waals surface area contributed by atoms with E-state index in [1.54, 1.807) is 18.4 Å². The van der Waals surface area contributed by atoms with Crippen LogP contribution in [0.3, 0.4) is 0 Å². The van der Waals surface area contributed by atoms with Gasteiger partial charge in [-0.2, -0.15) is 0 Å². The van der Waals surface area contributed by atoms with E-state index in [1.165, 1.54) is 0 Å². The Bertz CT molecular complexity index is 238. The first-order valence-electron chi connectivity index (χ1n) is 3.64. The molecule has 5 heteroatoms. The number of nitrogens with zero attached hydrogens (tertiary/aromatic N) is 1. The van der Waals surface area contributed by atoms with Crippen molar-refractivity contribution < 1.29 is 4.74 Å². The molecule has 1 atom stereocenters. The van der Waals surface area contributed by atoms with Crippen LogP contribution in [0.2, 0.25) is 0 Å². The number of hydrogen-bond acceptors (Lipinski definition) is 5. The van der Waals surface area contributed by atoms with Gasteiger partial charge in [0.1, 0.15) is 0 Å². The predicted octanol–water partition coefficient (Wildman–Crippen LogP) is 0.602. The lowest BCUT2D eigenvalue weighted by Crippen LogP contribution is -2.30. The summed E-state index contributed by atoms with van der Waals surface area (Å²) in [6.45, 7) is 2.53. The van der Waals surface area contributed by atoms with Gasteiger partial charge in [-0.25, -0.2) is 10.4 Å². The van der Waals surface area contributed by atoms with Crippen LogP contribution in [0.1, 0.15) is 16.6 Å². The van der Waals surface area contributed by atoms with Crippen LogP contribution in [0.5, 0.6) is 0 Å². The summed E-state index contributed by atoms with van der Waals surface area (Å²) in [5.74, 6) is 5.37. The maximum absolute atomic E-state index is 5.37. The first-order valence-corrected chi connectivity index (χ1v) is 4.52. The average Bonchev–Trinajstić information content (AvgIpc) is 2.47. The zero-order valence-corrected chi connectivity index (χ0v) is 8.02. The number of rotatable bonds is 4. The van der Waals surface area contributed by atoms with Crippen LogP contribution in [0.4, 0.5) is 0 Å². The maximum atomic E-state index is 5.37. The zero-order valence-electron chi connectivity index (χ0n) is 7.20. The lowest BCUT2D eigenvalue weighted by molar-refractivity contribution is 0.168. The summed E-state index contributed by atoms with van der Waals surface area (Å²) in [6.07, 6.45) is 0. The van der Waals surface area contributed by atoms with Gasteiger partial charge >= 0.3 is 0 Å². The van der Waals surface area contributed by atoms with Gasteiger partial charge in [0, 0.05) is 12.0 Å². The summed E-state index contributed by atoms with van der Waals surface area (Å²) >= 11 is 1.59.